The number of aromatic nitrogens is 1. The Balaban J connectivity index is 2.04. The van der Waals surface area contributed by atoms with Crippen LogP contribution < -0.4 is 10.6 Å². The van der Waals surface area contributed by atoms with E-state index in [0.717, 1.165) is 22.2 Å². The molecule has 2 heterocycles. The number of allylic oxidation sites excluding steroid dienone is 1. The van der Waals surface area contributed by atoms with E-state index in [9.17, 15) is 9.59 Å². The second-order valence-corrected chi connectivity index (χ2v) is 6.08. The van der Waals surface area contributed by atoms with Gasteiger partial charge < -0.3 is 5.32 Å². The van der Waals surface area contributed by atoms with Crippen LogP contribution >= 0.6 is 8.58 Å². The monoisotopic (exact) mass is 310 g/mol. The average Bonchev–Trinajstić information content (AvgIpc) is 2.83. The molecular weight excluding hydrogens is 295 g/mol. The number of ketones is 1. The van der Waals surface area contributed by atoms with E-state index in [2.05, 4.69) is 17.0 Å². The van der Waals surface area contributed by atoms with Crippen LogP contribution in [0.4, 0.5) is 5.69 Å². The van der Waals surface area contributed by atoms with E-state index in [1.807, 2.05) is 25.1 Å². The Morgan fingerprint density at radius 1 is 1.27 bits per heavy atom. The van der Waals surface area contributed by atoms with Crippen molar-refractivity contribution in [2.45, 2.75) is 6.92 Å². The Kier molecular flexibility index (Phi) is 3.86. The lowest BCUT2D eigenvalue weighted by Gasteiger charge is -2.05. The first-order valence-corrected chi connectivity index (χ1v) is 8.41. The van der Waals surface area contributed by atoms with Gasteiger partial charge in [-0.25, -0.2) is 0 Å². The number of nitrogens with zero attached hydrogens (tertiary/aromatic N) is 1. The summed E-state index contributed by atoms with van der Waals surface area (Å²) in [4.78, 5) is 28.7. The van der Waals surface area contributed by atoms with E-state index in [1.54, 1.807) is 12.1 Å². The number of rotatable bonds is 3. The highest BCUT2D eigenvalue weighted by Gasteiger charge is 2.27. The van der Waals surface area contributed by atoms with Gasteiger partial charge in [-0.05, 0) is 43.2 Å². The molecule has 22 heavy (non-hydrogen) atoms. The first kappa shape index (κ1) is 14.6. The highest BCUT2D eigenvalue weighted by molar-refractivity contribution is 7.46. The number of aryl methyl sites for hydroxylation is 1. The van der Waals surface area contributed by atoms with Crippen molar-refractivity contribution in [3.8, 4) is 0 Å². The van der Waals surface area contributed by atoms with Crippen molar-refractivity contribution in [1.29, 1.82) is 0 Å². The van der Waals surface area contributed by atoms with Gasteiger partial charge in [-0.15, -0.1) is 0 Å². The van der Waals surface area contributed by atoms with Crippen LogP contribution in [0.25, 0.3) is 5.57 Å². The van der Waals surface area contributed by atoms with E-state index < -0.39 is 0 Å². The van der Waals surface area contributed by atoms with Gasteiger partial charge in [0.15, 0.2) is 5.78 Å². The maximum Gasteiger partial charge on any atom is 0.256 e. The van der Waals surface area contributed by atoms with Crippen molar-refractivity contribution in [2.24, 2.45) is 0 Å². The molecule has 1 aromatic carbocycles. The van der Waals surface area contributed by atoms with Crippen molar-refractivity contribution in [2.75, 3.05) is 12.0 Å². The van der Waals surface area contributed by atoms with Gasteiger partial charge in [-0.1, -0.05) is 20.7 Å². The summed E-state index contributed by atoms with van der Waals surface area (Å²) in [5.74, 6) is -0.436. The minimum Gasteiger partial charge on any atom is -0.321 e. The third-order valence-electron chi connectivity index (χ3n) is 3.57. The zero-order chi connectivity index (χ0) is 15.7. The van der Waals surface area contributed by atoms with E-state index in [-0.39, 0.29) is 11.7 Å². The molecule has 1 aliphatic heterocycles. The van der Waals surface area contributed by atoms with Crippen LogP contribution in [0.1, 0.15) is 21.6 Å². The van der Waals surface area contributed by atoms with Crippen molar-refractivity contribution in [3.63, 3.8) is 0 Å². The van der Waals surface area contributed by atoms with Gasteiger partial charge in [0, 0.05) is 28.7 Å². The van der Waals surface area contributed by atoms with Crippen LogP contribution in [0.5, 0.6) is 0 Å². The molecular formula is C17H15N2O2P. The number of pyridine rings is 1. The van der Waals surface area contributed by atoms with E-state index >= 15 is 0 Å². The zero-order valence-corrected chi connectivity index (χ0v) is 13.3. The van der Waals surface area contributed by atoms with Gasteiger partial charge in [0.25, 0.3) is 5.91 Å². The highest BCUT2D eigenvalue weighted by Crippen LogP contribution is 2.32. The molecule has 1 aromatic heterocycles. The Morgan fingerprint density at radius 3 is 2.77 bits per heavy atom. The van der Waals surface area contributed by atoms with Crippen LogP contribution in [0.15, 0.2) is 42.6 Å². The van der Waals surface area contributed by atoms with Crippen molar-refractivity contribution in [3.05, 3.63) is 59.4 Å². The SMILES string of the molecule is CPc1cccc2c1/C(=C\C(=O)c1ccc(C)nc1)C(=O)N2. The first-order valence-electron chi connectivity index (χ1n) is 6.91. The summed E-state index contributed by atoms with van der Waals surface area (Å²) in [6.45, 7) is 3.92. The summed E-state index contributed by atoms with van der Waals surface area (Å²) in [7, 11) is 0.552. The van der Waals surface area contributed by atoms with Crippen molar-refractivity contribution < 1.29 is 9.59 Å². The van der Waals surface area contributed by atoms with Crippen LogP contribution in [-0.4, -0.2) is 23.3 Å². The van der Waals surface area contributed by atoms with Crippen molar-refractivity contribution >= 4 is 36.8 Å². The molecule has 0 fully saturated rings. The Hall–Kier alpha value is -2.32. The summed E-state index contributed by atoms with van der Waals surface area (Å²) < 4.78 is 0. The average molecular weight is 310 g/mol. The smallest absolute Gasteiger partial charge is 0.256 e. The fourth-order valence-electron chi connectivity index (χ4n) is 2.42. The molecule has 1 unspecified atom stereocenters. The fourth-order valence-corrected chi connectivity index (χ4v) is 3.21. The minimum atomic E-state index is -0.228. The lowest BCUT2D eigenvalue weighted by molar-refractivity contribution is -0.110. The van der Waals surface area contributed by atoms with Gasteiger partial charge in [0.1, 0.15) is 0 Å². The normalized spacial score (nSPS) is 15.4. The second-order valence-electron chi connectivity index (χ2n) is 5.04. The molecule has 1 atom stereocenters. The second kappa shape index (κ2) is 5.82. The number of nitrogens with one attached hydrogen (secondary N) is 1. The van der Waals surface area contributed by atoms with Gasteiger partial charge in [0.05, 0.1) is 5.57 Å². The number of amides is 1. The molecule has 2 aromatic rings. The molecule has 0 saturated carbocycles. The molecule has 0 radical (unpaired) electrons. The topological polar surface area (TPSA) is 59.1 Å². The quantitative estimate of drug-likeness (QED) is 0.538. The number of anilines is 1. The minimum absolute atomic E-state index is 0.209. The number of benzene rings is 1. The Bertz CT molecular complexity index is 795. The number of carbonyl (C=O) groups excluding carboxylic acids is 2. The summed E-state index contributed by atoms with van der Waals surface area (Å²) in [5, 5.41) is 3.90. The maximum atomic E-state index is 12.4. The number of fused-ring (bicyclic) bond motifs is 1. The van der Waals surface area contributed by atoms with E-state index in [0.29, 0.717) is 19.7 Å². The molecule has 4 nitrogen and oxygen atoms in total. The van der Waals surface area contributed by atoms with E-state index in [1.165, 1.54) is 12.3 Å². The molecule has 0 spiro atoms. The predicted octanol–water partition coefficient (Wildman–Crippen LogP) is 2.54. The Labute approximate surface area is 130 Å². The Morgan fingerprint density at radius 2 is 2.09 bits per heavy atom. The molecule has 1 N–H and O–H groups in total. The van der Waals surface area contributed by atoms with Crippen LogP contribution in [0.3, 0.4) is 0 Å². The molecule has 5 heteroatoms. The lowest BCUT2D eigenvalue weighted by atomic mass is 10.0. The molecule has 1 amide bonds. The predicted molar refractivity (Wildman–Crippen MR) is 90.2 cm³/mol. The molecule has 110 valence electrons. The third kappa shape index (κ3) is 2.58. The largest absolute Gasteiger partial charge is 0.321 e. The van der Waals surface area contributed by atoms with Gasteiger partial charge >= 0.3 is 0 Å². The molecule has 3 rings (SSSR count). The number of hydrogen-bond acceptors (Lipinski definition) is 3. The third-order valence-corrected chi connectivity index (χ3v) is 4.52. The summed E-state index contributed by atoms with van der Waals surface area (Å²) >= 11 is 0. The molecule has 0 saturated heterocycles. The summed E-state index contributed by atoms with van der Waals surface area (Å²) in [6, 6.07) is 9.27. The van der Waals surface area contributed by atoms with Crippen LogP contribution in [0, 0.1) is 6.92 Å². The molecule has 1 aliphatic rings. The maximum absolute atomic E-state index is 12.4. The highest BCUT2D eigenvalue weighted by atomic mass is 31.1. The molecule has 0 bridgehead atoms. The fraction of sp³-hybridized carbons (Fsp3) is 0.118. The van der Waals surface area contributed by atoms with Crippen LogP contribution in [0.2, 0.25) is 0 Å². The van der Waals surface area contributed by atoms with Crippen molar-refractivity contribution in [1.82, 2.24) is 4.98 Å². The first-order chi connectivity index (χ1) is 10.6. The van der Waals surface area contributed by atoms with E-state index in [4.69, 9.17) is 0 Å². The number of hydrogen-bond donors (Lipinski definition) is 1. The lowest BCUT2D eigenvalue weighted by Crippen LogP contribution is -2.07. The van der Waals surface area contributed by atoms with Gasteiger partial charge in [-0.3, -0.25) is 14.6 Å². The van der Waals surface area contributed by atoms with Crippen LogP contribution in [-0.2, 0) is 4.79 Å². The molecule has 0 aliphatic carbocycles. The zero-order valence-electron chi connectivity index (χ0n) is 12.3. The summed E-state index contributed by atoms with van der Waals surface area (Å²) in [6.07, 6.45) is 2.95. The number of carbonyl (C=O) groups is 2. The van der Waals surface area contributed by atoms with Gasteiger partial charge in [0.2, 0.25) is 0 Å². The summed E-state index contributed by atoms with van der Waals surface area (Å²) in [5.41, 5.74) is 3.39. The van der Waals surface area contributed by atoms with Gasteiger partial charge in [-0.2, -0.15) is 0 Å². The standard InChI is InChI=1S/C17H15N2O2P/c1-10-6-7-11(9-18-10)14(20)8-12-16-13(19-17(12)21)4-3-5-15(16)22-2/h3-9,22H,1-2H3,(H,19,21)/b12-8+.